The molecule has 1 fully saturated rings. The molecule has 0 radical (unpaired) electrons. The Hall–Kier alpha value is -3.41. The lowest BCUT2D eigenvalue weighted by atomic mass is 10.1. The molecule has 0 saturated carbocycles. The van der Waals surface area contributed by atoms with Crippen LogP contribution in [0.2, 0.25) is 5.02 Å². The van der Waals surface area contributed by atoms with Gasteiger partial charge in [0, 0.05) is 42.2 Å². The summed E-state index contributed by atoms with van der Waals surface area (Å²) in [6.07, 6.45) is 12.4. The molecular weight excluding hydrogens is 428 g/mol. The molecule has 1 amide bonds. The first-order valence-electron chi connectivity index (χ1n) is 10.3. The quantitative estimate of drug-likeness (QED) is 0.559. The average molecular weight is 451 g/mol. The molecule has 2 N–H and O–H groups in total. The topological polar surface area (TPSA) is 94.0 Å². The molecule has 0 unspecified atom stereocenters. The Labute approximate surface area is 191 Å². The fourth-order valence-electron chi connectivity index (χ4n) is 3.46. The van der Waals surface area contributed by atoms with Crippen molar-refractivity contribution in [1.29, 1.82) is 0 Å². The Morgan fingerprint density at radius 2 is 2.16 bits per heavy atom. The Morgan fingerprint density at radius 3 is 2.91 bits per heavy atom. The van der Waals surface area contributed by atoms with Crippen molar-refractivity contribution >= 4 is 23.5 Å². The first-order chi connectivity index (χ1) is 15.5. The fraction of sp³-hybridized carbons (Fsp3) is 0.304. The number of nitrogens with one attached hydrogen (secondary N) is 2. The van der Waals surface area contributed by atoms with Gasteiger partial charge in [0.2, 0.25) is 5.95 Å². The third kappa shape index (κ3) is 5.07. The summed E-state index contributed by atoms with van der Waals surface area (Å²) in [6, 6.07) is 6.72. The molecule has 1 aliphatic heterocycles. The summed E-state index contributed by atoms with van der Waals surface area (Å²) < 4.78 is 7.09. The van der Waals surface area contributed by atoms with Crippen molar-refractivity contribution in [3.8, 4) is 18.2 Å². The van der Waals surface area contributed by atoms with Crippen molar-refractivity contribution in [2.45, 2.75) is 31.8 Å². The second-order valence-corrected chi connectivity index (χ2v) is 7.96. The van der Waals surface area contributed by atoms with E-state index in [1.807, 2.05) is 13.0 Å². The summed E-state index contributed by atoms with van der Waals surface area (Å²) in [5.74, 6) is 3.36. The maximum absolute atomic E-state index is 12.8. The highest BCUT2D eigenvalue weighted by atomic mass is 35.5. The smallest absolute Gasteiger partial charge is 0.272 e. The summed E-state index contributed by atoms with van der Waals surface area (Å²) >= 11 is 6.04. The van der Waals surface area contributed by atoms with Crippen LogP contribution in [0.1, 0.15) is 40.5 Å². The number of halogens is 1. The van der Waals surface area contributed by atoms with Crippen LogP contribution < -0.4 is 10.6 Å². The predicted octanol–water partition coefficient (Wildman–Crippen LogP) is 3.32. The largest absolute Gasteiger partial charge is 0.381 e. The number of aromatic nitrogens is 4. The van der Waals surface area contributed by atoms with Crippen LogP contribution in [0.3, 0.4) is 0 Å². The SMILES string of the molecule is C#C[C@@H](NC(=O)c1cn(-c2nc(NC3CCOCC3)ncc2C)cn1)c1cccc(Cl)c1. The minimum Gasteiger partial charge on any atom is -0.381 e. The standard InChI is InChI=1S/C23H23ClN6O2/c1-3-19(16-5-4-6-17(24)11-16)28-22(31)20-13-30(14-26-20)21-15(2)12-25-23(29-21)27-18-7-9-32-10-8-18/h1,4-6,11-14,18-19H,7-10H2,2H3,(H,28,31)(H,25,27,29)/t19-/m1/s1. The van der Waals surface area contributed by atoms with Gasteiger partial charge in [-0.15, -0.1) is 6.42 Å². The van der Waals surface area contributed by atoms with Gasteiger partial charge in [-0.3, -0.25) is 9.36 Å². The molecule has 4 rings (SSSR count). The molecule has 1 saturated heterocycles. The Balaban J connectivity index is 1.49. The molecule has 0 aliphatic carbocycles. The average Bonchev–Trinajstić information content (AvgIpc) is 3.29. The molecule has 9 heteroatoms. The third-order valence-electron chi connectivity index (χ3n) is 5.18. The number of ether oxygens (including phenoxy) is 1. The van der Waals surface area contributed by atoms with E-state index in [2.05, 4.69) is 31.5 Å². The van der Waals surface area contributed by atoms with E-state index in [9.17, 15) is 4.79 Å². The van der Waals surface area contributed by atoms with E-state index >= 15 is 0 Å². The first kappa shape index (κ1) is 21.8. The number of amides is 1. The monoisotopic (exact) mass is 450 g/mol. The van der Waals surface area contributed by atoms with Gasteiger partial charge in [-0.25, -0.2) is 9.97 Å². The van der Waals surface area contributed by atoms with Gasteiger partial charge in [0.15, 0.2) is 0 Å². The van der Waals surface area contributed by atoms with Gasteiger partial charge in [-0.2, -0.15) is 4.98 Å². The minimum atomic E-state index is -0.623. The van der Waals surface area contributed by atoms with E-state index < -0.39 is 6.04 Å². The van der Waals surface area contributed by atoms with Crippen LogP contribution in [-0.2, 0) is 4.74 Å². The number of benzene rings is 1. The predicted molar refractivity (Wildman–Crippen MR) is 122 cm³/mol. The zero-order valence-corrected chi connectivity index (χ0v) is 18.3. The number of nitrogens with zero attached hydrogens (tertiary/aromatic N) is 4. The zero-order chi connectivity index (χ0) is 22.5. The van der Waals surface area contributed by atoms with Crippen molar-refractivity contribution in [2.75, 3.05) is 18.5 Å². The Bertz CT molecular complexity index is 1150. The van der Waals surface area contributed by atoms with E-state index in [1.54, 1.807) is 41.5 Å². The van der Waals surface area contributed by atoms with Crippen molar-refractivity contribution < 1.29 is 9.53 Å². The molecule has 1 aromatic carbocycles. The molecule has 164 valence electrons. The highest BCUT2D eigenvalue weighted by molar-refractivity contribution is 6.30. The maximum atomic E-state index is 12.8. The number of hydrogen-bond acceptors (Lipinski definition) is 6. The van der Waals surface area contributed by atoms with Gasteiger partial charge in [0.25, 0.3) is 5.91 Å². The molecule has 3 aromatic rings. The molecule has 0 spiro atoms. The number of hydrogen-bond donors (Lipinski definition) is 2. The zero-order valence-electron chi connectivity index (χ0n) is 17.6. The van der Waals surface area contributed by atoms with Gasteiger partial charge in [-0.1, -0.05) is 29.7 Å². The van der Waals surface area contributed by atoms with Crippen LogP contribution in [0.15, 0.2) is 43.0 Å². The number of terminal acetylenes is 1. The number of aryl methyl sites for hydroxylation is 1. The van der Waals surface area contributed by atoms with Gasteiger partial charge < -0.3 is 15.4 Å². The summed E-state index contributed by atoms with van der Waals surface area (Å²) in [5, 5.41) is 6.71. The van der Waals surface area contributed by atoms with Crippen LogP contribution in [-0.4, -0.2) is 44.7 Å². The van der Waals surface area contributed by atoms with Crippen molar-refractivity contribution in [2.24, 2.45) is 0 Å². The van der Waals surface area contributed by atoms with Crippen molar-refractivity contribution in [3.05, 3.63) is 64.8 Å². The second kappa shape index (κ2) is 9.81. The van der Waals surface area contributed by atoms with Gasteiger partial charge in [0.05, 0.1) is 0 Å². The maximum Gasteiger partial charge on any atom is 0.272 e. The van der Waals surface area contributed by atoms with E-state index in [1.165, 1.54) is 0 Å². The molecule has 1 atom stereocenters. The lowest BCUT2D eigenvalue weighted by molar-refractivity contribution is 0.0903. The number of carbonyl (C=O) groups is 1. The second-order valence-electron chi connectivity index (χ2n) is 7.53. The van der Waals surface area contributed by atoms with Crippen LogP contribution in [0, 0.1) is 19.3 Å². The van der Waals surface area contributed by atoms with E-state index in [-0.39, 0.29) is 17.6 Å². The van der Waals surface area contributed by atoms with Crippen molar-refractivity contribution in [3.63, 3.8) is 0 Å². The highest BCUT2D eigenvalue weighted by Gasteiger charge is 2.18. The number of carbonyl (C=O) groups excluding carboxylic acids is 1. The number of imidazole rings is 1. The van der Waals surface area contributed by atoms with Crippen molar-refractivity contribution in [1.82, 2.24) is 24.8 Å². The summed E-state index contributed by atoms with van der Waals surface area (Å²) in [4.78, 5) is 26.0. The van der Waals surface area contributed by atoms with E-state index in [4.69, 9.17) is 22.8 Å². The van der Waals surface area contributed by atoms with Gasteiger partial charge in [-0.05, 0) is 37.5 Å². The lowest BCUT2D eigenvalue weighted by Gasteiger charge is -2.23. The number of anilines is 1. The summed E-state index contributed by atoms with van der Waals surface area (Å²) in [6.45, 7) is 3.36. The van der Waals surface area contributed by atoms with Gasteiger partial charge in [0.1, 0.15) is 23.9 Å². The van der Waals surface area contributed by atoms with Crippen LogP contribution in [0.4, 0.5) is 5.95 Å². The summed E-state index contributed by atoms with van der Waals surface area (Å²) in [7, 11) is 0. The molecule has 1 aliphatic rings. The van der Waals surface area contributed by atoms with E-state index in [0.717, 1.165) is 37.2 Å². The molecule has 0 bridgehead atoms. The molecule has 3 heterocycles. The van der Waals surface area contributed by atoms with Crippen LogP contribution in [0.5, 0.6) is 0 Å². The lowest BCUT2D eigenvalue weighted by Crippen LogP contribution is -2.28. The van der Waals surface area contributed by atoms with E-state index in [0.29, 0.717) is 16.8 Å². The summed E-state index contributed by atoms with van der Waals surface area (Å²) in [5.41, 5.74) is 1.81. The number of rotatable bonds is 6. The first-order valence-corrected chi connectivity index (χ1v) is 10.7. The Kier molecular flexibility index (Phi) is 6.69. The van der Waals surface area contributed by atoms with Crippen LogP contribution >= 0.6 is 11.6 Å². The normalized spacial score (nSPS) is 15.0. The Morgan fingerprint density at radius 1 is 1.34 bits per heavy atom. The highest BCUT2D eigenvalue weighted by Crippen LogP contribution is 2.19. The van der Waals surface area contributed by atoms with Crippen LogP contribution in [0.25, 0.3) is 5.82 Å². The fourth-order valence-corrected chi connectivity index (χ4v) is 3.66. The third-order valence-corrected chi connectivity index (χ3v) is 5.42. The molecule has 2 aromatic heterocycles. The molecular formula is C23H23ClN6O2. The van der Waals surface area contributed by atoms with Gasteiger partial charge >= 0.3 is 0 Å². The molecule has 8 nitrogen and oxygen atoms in total. The molecule has 32 heavy (non-hydrogen) atoms. The minimum absolute atomic E-state index is 0.226.